The maximum Gasteiger partial charge on any atom is 0.304 e. The summed E-state index contributed by atoms with van der Waals surface area (Å²) in [4.78, 5) is 10.9. The number of hydrogen-bond acceptors (Lipinski definition) is 5. The van der Waals surface area contributed by atoms with Gasteiger partial charge in [-0.1, -0.05) is 17.7 Å². The lowest BCUT2D eigenvalue weighted by atomic mass is 9.98. The maximum absolute atomic E-state index is 10.9. The Labute approximate surface area is 148 Å². The second kappa shape index (κ2) is 6.37. The quantitative estimate of drug-likeness (QED) is 0.876. The van der Waals surface area contributed by atoms with Crippen molar-refractivity contribution in [3.63, 3.8) is 0 Å². The van der Waals surface area contributed by atoms with Crippen LogP contribution in [0.15, 0.2) is 30.3 Å². The summed E-state index contributed by atoms with van der Waals surface area (Å²) in [5.41, 5.74) is 1.69. The summed E-state index contributed by atoms with van der Waals surface area (Å²) in [6.45, 7) is 0.808. The van der Waals surface area contributed by atoms with Gasteiger partial charge in [0, 0.05) is 34.2 Å². The number of hydrogen-bond donors (Lipinski definition) is 1. The topological polar surface area (TPSA) is 74.2 Å². The predicted octanol–water partition coefficient (Wildman–Crippen LogP) is 3.60. The summed E-state index contributed by atoms with van der Waals surface area (Å²) in [7, 11) is 0. The molecule has 0 spiro atoms. The molecule has 2 aromatic rings. The van der Waals surface area contributed by atoms with Gasteiger partial charge in [-0.3, -0.25) is 4.79 Å². The van der Waals surface area contributed by atoms with E-state index in [1.807, 2.05) is 12.1 Å². The zero-order valence-electron chi connectivity index (χ0n) is 13.2. The zero-order valence-corrected chi connectivity index (χ0v) is 13.9. The van der Waals surface area contributed by atoms with Gasteiger partial charge in [-0.2, -0.15) is 0 Å². The van der Waals surface area contributed by atoms with E-state index in [4.69, 9.17) is 35.7 Å². The predicted molar refractivity (Wildman–Crippen MR) is 88.8 cm³/mol. The van der Waals surface area contributed by atoms with Crippen molar-refractivity contribution in [1.29, 1.82) is 0 Å². The van der Waals surface area contributed by atoms with E-state index in [1.165, 1.54) is 0 Å². The Hall–Kier alpha value is -2.60. The van der Waals surface area contributed by atoms with Gasteiger partial charge in [0.2, 0.25) is 6.79 Å². The second-order valence-electron chi connectivity index (χ2n) is 5.89. The van der Waals surface area contributed by atoms with E-state index in [-0.39, 0.29) is 25.7 Å². The van der Waals surface area contributed by atoms with Gasteiger partial charge < -0.3 is 24.1 Å². The summed E-state index contributed by atoms with van der Waals surface area (Å²) in [5.74, 6) is 1.59. The van der Waals surface area contributed by atoms with Crippen molar-refractivity contribution in [1.82, 2.24) is 0 Å². The highest BCUT2D eigenvalue weighted by Gasteiger charge is 2.27. The number of carbonyl (C=O) groups is 1. The molecule has 7 heteroatoms. The van der Waals surface area contributed by atoms with E-state index in [0.717, 1.165) is 11.1 Å². The van der Waals surface area contributed by atoms with Crippen LogP contribution < -0.4 is 18.9 Å². The standard InChI is InChI=1S/C18H15ClO6/c19-12-3-11(18-16(5-12)24-9-25-18)8-22-13-1-2-14-10(4-17(20)21)7-23-15(14)6-13/h1-3,5-6,10H,4,7-9H2,(H,20,21). The third-order valence-corrected chi connectivity index (χ3v) is 4.41. The van der Waals surface area contributed by atoms with Gasteiger partial charge in [0.1, 0.15) is 18.1 Å². The Morgan fingerprint density at radius 1 is 1.20 bits per heavy atom. The molecule has 2 aliphatic rings. The largest absolute Gasteiger partial charge is 0.492 e. The lowest BCUT2D eigenvalue weighted by molar-refractivity contribution is -0.137. The first-order chi connectivity index (χ1) is 12.1. The van der Waals surface area contributed by atoms with E-state index >= 15 is 0 Å². The number of carboxylic acid groups (broad SMARTS) is 1. The lowest BCUT2D eigenvalue weighted by Crippen LogP contribution is -2.07. The Kier molecular flexibility index (Phi) is 4.05. The van der Waals surface area contributed by atoms with Gasteiger partial charge in [-0.15, -0.1) is 0 Å². The Balaban J connectivity index is 1.49. The van der Waals surface area contributed by atoms with E-state index in [9.17, 15) is 4.79 Å². The van der Waals surface area contributed by atoms with Crippen LogP contribution in [0.1, 0.15) is 23.5 Å². The number of ether oxygens (including phenoxy) is 4. The van der Waals surface area contributed by atoms with Gasteiger partial charge >= 0.3 is 5.97 Å². The van der Waals surface area contributed by atoms with Crippen molar-refractivity contribution in [2.75, 3.05) is 13.4 Å². The molecule has 1 atom stereocenters. The normalized spacial score (nSPS) is 17.1. The molecular weight excluding hydrogens is 348 g/mol. The lowest BCUT2D eigenvalue weighted by Gasteiger charge is -2.11. The monoisotopic (exact) mass is 362 g/mol. The second-order valence-corrected chi connectivity index (χ2v) is 6.33. The van der Waals surface area contributed by atoms with Gasteiger partial charge in [-0.05, 0) is 12.1 Å². The van der Waals surface area contributed by atoms with Crippen molar-refractivity contribution in [2.24, 2.45) is 0 Å². The van der Waals surface area contributed by atoms with Crippen LogP contribution in [0, 0.1) is 0 Å². The number of rotatable bonds is 5. The number of carboxylic acids is 1. The van der Waals surface area contributed by atoms with Crippen molar-refractivity contribution in [3.8, 4) is 23.0 Å². The molecule has 130 valence electrons. The zero-order chi connectivity index (χ0) is 17.4. The minimum atomic E-state index is -0.834. The summed E-state index contributed by atoms with van der Waals surface area (Å²) in [6, 6.07) is 8.93. The molecule has 0 bridgehead atoms. The van der Waals surface area contributed by atoms with E-state index in [2.05, 4.69) is 0 Å². The van der Waals surface area contributed by atoms with Gasteiger partial charge in [0.25, 0.3) is 0 Å². The van der Waals surface area contributed by atoms with Crippen LogP contribution in [0.5, 0.6) is 23.0 Å². The smallest absolute Gasteiger partial charge is 0.304 e. The third kappa shape index (κ3) is 3.17. The van der Waals surface area contributed by atoms with Crippen LogP contribution in [0.4, 0.5) is 0 Å². The summed E-state index contributed by atoms with van der Waals surface area (Å²) in [6.07, 6.45) is 0.0548. The molecule has 0 amide bonds. The minimum absolute atomic E-state index is 0.0548. The maximum atomic E-state index is 10.9. The summed E-state index contributed by atoms with van der Waals surface area (Å²) >= 11 is 6.09. The number of halogens is 1. The van der Waals surface area contributed by atoms with Crippen molar-refractivity contribution in [3.05, 3.63) is 46.5 Å². The number of fused-ring (bicyclic) bond motifs is 2. The first kappa shape index (κ1) is 15.9. The van der Waals surface area contributed by atoms with E-state index in [0.29, 0.717) is 34.6 Å². The SMILES string of the molecule is O=C(O)CC1COc2cc(OCc3cc(Cl)cc4c3OCO4)ccc21. The first-order valence-electron chi connectivity index (χ1n) is 7.79. The average Bonchev–Trinajstić information content (AvgIpc) is 3.19. The fourth-order valence-electron chi connectivity index (χ4n) is 3.04. The minimum Gasteiger partial charge on any atom is -0.492 e. The molecule has 0 saturated heterocycles. The number of benzene rings is 2. The highest BCUT2D eigenvalue weighted by Crippen LogP contribution is 2.40. The molecule has 25 heavy (non-hydrogen) atoms. The summed E-state index contributed by atoms with van der Waals surface area (Å²) < 4.78 is 22.2. The Bertz CT molecular complexity index is 835. The molecule has 6 nitrogen and oxygen atoms in total. The molecule has 1 N–H and O–H groups in total. The van der Waals surface area contributed by atoms with Crippen molar-refractivity contribution < 1.29 is 28.8 Å². The molecule has 0 fully saturated rings. The first-order valence-corrected chi connectivity index (χ1v) is 8.17. The molecule has 0 aromatic heterocycles. The molecule has 0 aliphatic carbocycles. The highest BCUT2D eigenvalue weighted by atomic mass is 35.5. The fourth-order valence-corrected chi connectivity index (χ4v) is 3.27. The molecule has 2 aromatic carbocycles. The van der Waals surface area contributed by atoms with Crippen LogP contribution in [-0.2, 0) is 11.4 Å². The average molecular weight is 363 g/mol. The fraction of sp³-hybridized carbons (Fsp3) is 0.278. The molecule has 0 saturated carbocycles. The molecule has 4 rings (SSSR count). The molecular formula is C18H15ClO6. The number of aliphatic carboxylic acids is 1. The van der Waals surface area contributed by atoms with Crippen LogP contribution in [-0.4, -0.2) is 24.5 Å². The van der Waals surface area contributed by atoms with E-state index < -0.39 is 5.97 Å². The Morgan fingerprint density at radius 3 is 2.92 bits per heavy atom. The molecule has 1 unspecified atom stereocenters. The Morgan fingerprint density at radius 2 is 2.08 bits per heavy atom. The van der Waals surface area contributed by atoms with Crippen molar-refractivity contribution >= 4 is 17.6 Å². The van der Waals surface area contributed by atoms with Gasteiger partial charge in [0.15, 0.2) is 11.5 Å². The molecule has 2 heterocycles. The van der Waals surface area contributed by atoms with Crippen LogP contribution >= 0.6 is 11.6 Å². The third-order valence-electron chi connectivity index (χ3n) is 4.19. The van der Waals surface area contributed by atoms with Crippen LogP contribution in [0.3, 0.4) is 0 Å². The highest BCUT2D eigenvalue weighted by molar-refractivity contribution is 6.30. The summed E-state index contributed by atoms with van der Waals surface area (Å²) in [5, 5.41) is 9.50. The molecule has 2 aliphatic heterocycles. The molecule has 0 radical (unpaired) electrons. The van der Waals surface area contributed by atoms with Crippen LogP contribution in [0.25, 0.3) is 0 Å². The van der Waals surface area contributed by atoms with E-state index in [1.54, 1.807) is 18.2 Å². The van der Waals surface area contributed by atoms with Crippen LogP contribution in [0.2, 0.25) is 5.02 Å². The van der Waals surface area contributed by atoms with Gasteiger partial charge in [-0.25, -0.2) is 0 Å². The van der Waals surface area contributed by atoms with Gasteiger partial charge in [0.05, 0.1) is 13.0 Å². The van der Waals surface area contributed by atoms with Crippen molar-refractivity contribution in [2.45, 2.75) is 18.9 Å².